The first-order valence-corrected chi connectivity index (χ1v) is 8.64. The van der Waals surface area contributed by atoms with Crippen molar-refractivity contribution in [2.24, 2.45) is 5.10 Å². The molecule has 0 bridgehead atoms. The van der Waals surface area contributed by atoms with Gasteiger partial charge in [-0.15, -0.1) is 10.6 Å². The fourth-order valence-corrected chi connectivity index (χ4v) is 3.29. The average Bonchev–Trinajstić information content (AvgIpc) is 3.37. The van der Waals surface area contributed by atoms with E-state index in [0.29, 0.717) is 5.84 Å². The van der Waals surface area contributed by atoms with Crippen molar-refractivity contribution in [3.8, 4) is 22.4 Å². The van der Waals surface area contributed by atoms with Gasteiger partial charge < -0.3 is 0 Å². The predicted octanol–water partition coefficient (Wildman–Crippen LogP) is 2.65. The molecule has 0 saturated carbocycles. The molecule has 0 aliphatic carbocycles. The van der Waals surface area contributed by atoms with Crippen molar-refractivity contribution in [2.45, 2.75) is 6.92 Å². The third-order valence-corrected chi connectivity index (χ3v) is 4.56. The van der Waals surface area contributed by atoms with Gasteiger partial charge in [0, 0.05) is 17.5 Å². The molecule has 0 fully saturated rings. The molecule has 0 amide bonds. The lowest BCUT2D eigenvalue weighted by Gasteiger charge is -2.11. The second kappa shape index (κ2) is 6.22. The Kier molecular flexibility index (Phi) is 3.58. The molecule has 0 spiro atoms. The highest BCUT2D eigenvalue weighted by molar-refractivity contribution is 5.98. The van der Waals surface area contributed by atoms with E-state index in [0.717, 1.165) is 39.4 Å². The maximum Gasteiger partial charge on any atom is 0.189 e. The number of fused-ring (bicyclic) bond motifs is 1. The first kappa shape index (κ1) is 15.5. The van der Waals surface area contributed by atoms with Crippen LogP contribution in [0.5, 0.6) is 0 Å². The minimum absolute atomic E-state index is 0.688. The molecule has 5 rings (SSSR count). The standard InChI is InChI=1S/C20H17N7/c1-13-5-4-8-17(22-13)16-7-3-2-6-15(16)14-9-10-19-21-11-18(27(19)12-14)20-23-25-26-24-20/h2-12,25-26H,1H3,(H,23,24). The van der Waals surface area contributed by atoms with E-state index < -0.39 is 0 Å². The highest BCUT2D eigenvalue weighted by Crippen LogP contribution is 2.31. The van der Waals surface area contributed by atoms with Crippen LogP contribution in [0.25, 0.3) is 28.0 Å². The molecule has 7 heteroatoms. The van der Waals surface area contributed by atoms with E-state index in [4.69, 9.17) is 4.98 Å². The number of hydrogen-bond donors (Lipinski definition) is 3. The van der Waals surface area contributed by atoms with Crippen molar-refractivity contribution in [3.05, 3.63) is 78.4 Å². The lowest BCUT2D eigenvalue weighted by Crippen LogP contribution is -2.35. The molecule has 0 radical (unpaired) electrons. The Hall–Kier alpha value is -3.71. The van der Waals surface area contributed by atoms with Gasteiger partial charge in [0.05, 0.1) is 11.9 Å². The minimum Gasteiger partial charge on any atom is -0.296 e. The maximum absolute atomic E-state index is 4.70. The van der Waals surface area contributed by atoms with E-state index in [1.807, 2.05) is 47.7 Å². The number of hydrazine groups is 2. The van der Waals surface area contributed by atoms with Gasteiger partial charge >= 0.3 is 0 Å². The summed E-state index contributed by atoms with van der Waals surface area (Å²) in [5.74, 6) is 0.688. The number of benzene rings is 1. The second-order valence-corrected chi connectivity index (χ2v) is 6.32. The molecule has 4 heterocycles. The average molecular weight is 355 g/mol. The van der Waals surface area contributed by atoms with Crippen LogP contribution < -0.4 is 16.5 Å². The molecule has 0 saturated heterocycles. The Morgan fingerprint density at radius 2 is 1.81 bits per heavy atom. The monoisotopic (exact) mass is 355 g/mol. The fourth-order valence-electron chi connectivity index (χ4n) is 3.29. The van der Waals surface area contributed by atoms with Gasteiger partial charge in [0.2, 0.25) is 0 Å². The highest BCUT2D eigenvalue weighted by atomic mass is 15.8. The first-order chi connectivity index (χ1) is 13.3. The number of hydrogen-bond acceptors (Lipinski definition) is 6. The molecule has 1 aromatic carbocycles. The number of aromatic nitrogens is 3. The topological polar surface area (TPSA) is 78.6 Å². The van der Waals surface area contributed by atoms with E-state index >= 15 is 0 Å². The van der Waals surface area contributed by atoms with Crippen molar-refractivity contribution in [2.75, 3.05) is 0 Å². The molecule has 4 aromatic rings. The summed E-state index contributed by atoms with van der Waals surface area (Å²) in [6.45, 7) is 2.01. The van der Waals surface area contributed by atoms with Gasteiger partial charge in [0.1, 0.15) is 11.3 Å². The SMILES string of the molecule is Cc1cccc(-c2ccccc2-c2ccc3ncc(C4=NNNN4)n3c2)n1. The molecule has 1 aliphatic heterocycles. The normalized spacial score (nSPS) is 13.3. The number of pyridine rings is 2. The molecule has 0 atom stereocenters. The molecule has 3 N–H and O–H groups in total. The van der Waals surface area contributed by atoms with Gasteiger partial charge in [-0.1, -0.05) is 30.3 Å². The van der Waals surface area contributed by atoms with Crippen molar-refractivity contribution in [1.82, 2.24) is 30.9 Å². The second-order valence-electron chi connectivity index (χ2n) is 6.32. The zero-order chi connectivity index (χ0) is 18.2. The number of nitrogens with zero attached hydrogens (tertiary/aromatic N) is 4. The quantitative estimate of drug-likeness (QED) is 0.527. The third-order valence-electron chi connectivity index (χ3n) is 4.56. The summed E-state index contributed by atoms with van der Waals surface area (Å²) in [7, 11) is 0. The van der Waals surface area contributed by atoms with Crippen molar-refractivity contribution in [1.29, 1.82) is 0 Å². The Balaban J connectivity index is 1.67. The summed E-state index contributed by atoms with van der Waals surface area (Å²) in [5, 5.41) is 4.18. The van der Waals surface area contributed by atoms with Gasteiger partial charge in [0.15, 0.2) is 5.84 Å². The minimum atomic E-state index is 0.688. The molecule has 0 unspecified atom stereocenters. The number of imidazole rings is 1. The lowest BCUT2D eigenvalue weighted by molar-refractivity contribution is 0.577. The van der Waals surface area contributed by atoms with Crippen LogP contribution in [0.3, 0.4) is 0 Å². The molecule has 1 aliphatic rings. The van der Waals surface area contributed by atoms with Crippen LogP contribution in [0.1, 0.15) is 11.4 Å². The first-order valence-electron chi connectivity index (χ1n) is 8.64. The van der Waals surface area contributed by atoms with Crippen molar-refractivity contribution < 1.29 is 0 Å². The summed E-state index contributed by atoms with van der Waals surface area (Å²) in [6, 6.07) is 18.5. The van der Waals surface area contributed by atoms with Gasteiger partial charge in [-0.25, -0.2) is 10.5 Å². The number of hydrazone groups is 1. The highest BCUT2D eigenvalue weighted by Gasteiger charge is 2.15. The van der Waals surface area contributed by atoms with Crippen LogP contribution in [0.4, 0.5) is 0 Å². The summed E-state index contributed by atoms with van der Waals surface area (Å²) < 4.78 is 2.02. The Morgan fingerprint density at radius 1 is 0.926 bits per heavy atom. The zero-order valence-corrected chi connectivity index (χ0v) is 14.6. The molecule has 7 nitrogen and oxygen atoms in total. The zero-order valence-electron chi connectivity index (χ0n) is 14.6. The predicted molar refractivity (Wildman–Crippen MR) is 105 cm³/mol. The van der Waals surface area contributed by atoms with Gasteiger partial charge in [-0.05, 0) is 42.3 Å². The molecule has 132 valence electrons. The largest absolute Gasteiger partial charge is 0.296 e. The van der Waals surface area contributed by atoms with Crippen molar-refractivity contribution in [3.63, 3.8) is 0 Å². The number of rotatable bonds is 3. The Bertz CT molecular complexity index is 1180. The van der Waals surface area contributed by atoms with Gasteiger partial charge in [-0.2, -0.15) is 0 Å². The molecular weight excluding hydrogens is 338 g/mol. The van der Waals surface area contributed by atoms with E-state index in [-0.39, 0.29) is 0 Å². The summed E-state index contributed by atoms with van der Waals surface area (Å²) in [4.78, 5) is 9.16. The van der Waals surface area contributed by atoms with E-state index in [9.17, 15) is 0 Å². The molecular formula is C20H17N7. The summed E-state index contributed by atoms with van der Waals surface area (Å²) in [6.07, 6.45) is 3.88. The number of amidine groups is 1. The summed E-state index contributed by atoms with van der Waals surface area (Å²) >= 11 is 0. The van der Waals surface area contributed by atoms with Crippen molar-refractivity contribution >= 4 is 11.5 Å². The third kappa shape index (κ3) is 2.70. The van der Waals surface area contributed by atoms with Crippen LogP contribution in [-0.2, 0) is 0 Å². The fraction of sp³-hybridized carbons (Fsp3) is 0.0500. The van der Waals surface area contributed by atoms with E-state index in [1.165, 1.54) is 0 Å². The van der Waals surface area contributed by atoms with Crippen LogP contribution in [0.15, 0.2) is 72.1 Å². The maximum atomic E-state index is 4.70. The van der Waals surface area contributed by atoms with E-state index in [1.54, 1.807) is 6.20 Å². The van der Waals surface area contributed by atoms with Crippen LogP contribution in [-0.4, -0.2) is 20.2 Å². The van der Waals surface area contributed by atoms with Gasteiger partial charge in [0.25, 0.3) is 0 Å². The molecule has 3 aromatic heterocycles. The van der Waals surface area contributed by atoms with Crippen LogP contribution in [0, 0.1) is 6.92 Å². The van der Waals surface area contributed by atoms with Gasteiger partial charge in [-0.3, -0.25) is 14.8 Å². The van der Waals surface area contributed by atoms with Crippen LogP contribution >= 0.6 is 0 Å². The van der Waals surface area contributed by atoms with E-state index in [2.05, 4.69) is 51.0 Å². The smallest absolute Gasteiger partial charge is 0.189 e. The number of nitrogens with one attached hydrogen (secondary N) is 3. The Morgan fingerprint density at radius 3 is 2.63 bits per heavy atom. The summed E-state index contributed by atoms with van der Waals surface area (Å²) in [5.41, 5.74) is 15.4. The van der Waals surface area contributed by atoms with Crippen LogP contribution in [0.2, 0.25) is 0 Å². The Labute approximate surface area is 155 Å². The lowest BCUT2D eigenvalue weighted by atomic mass is 9.98. The number of aryl methyl sites for hydroxylation is 1. The molecule has 27 heavy (non-hydrogen) atoms.